The van der Waals surface area contributed by atoms with E-state index in [0.717, 1.165) is 36.5 Å². The summed E-state index contributed by atoms with van der Waals surface area (Å²) in [7, 11) is 1.36. The van der Waals surface area contributed by atoms with Crippen molar-refractivity contribution in [2.45, 2.75) is 116 Å². The third kappa shape index (κ3) is 8.11. The number of oxime groups is 1. The van der Waals surface area contributed by atoms with Crippen molar-refractivity contribution in [1.29, 1.82) is 0 Å². The van der Waals surface area contributed by atoms with Crippen molar-refractivity contribution in [3.05, 3.63) is 42.2 Å². The lowest BCUT2D eigenvalue weighted by Crippen LogP contribution is -2.59. The highest BCUT2D eigenvalue weighted by Gasteiger charge is 2.56. The van der Waals surface area contributed by atoms with E-state index in [1.165, 1.54) is 18.4 Å². The van der Waals surface area contributed by atoms with Crippen LogP contribution in [-0.2, 0) is 28.8 Å². The SMILES string of the molecule is CCC[C@H](NC(=O)[C@@H]1C[C@]2(CC(c3nccc4ccccc34)=NO2)CN1C(=O)[C@@H](NC(=O)CC1CCCCC1)C(C)(C)C)C(=O)C(=O)NC. The second-order valence-electron chi connectivity index (χ2n) is 14.9. The minimum absolute atomic E-state index is 0.0363. The van der Waals surface area contributed by atoms with Gasteiger partial charge in [0.15, 0.2) is 5.60 Å². The normalized spacial score (nSPS) is 22.3. The molecule has 12 heteroatoms. The van der Waals surface area contributed by atoms with Gasteiger partial charge in [-0.3, -0.25) is 29.0 Å². The largest absolute Gasteiger partial charge is 0.386 e. The summed E-state index contributed by atoms with van der Waals surface area (Å²) in [6, 6.07) is 6.73. The van der Waals surface area contributed by atoms with Crippen molar-refractivity contribution < 1.29 is 28.8 Å². The van der Waals surface area contributed by atoms with Gasteiger partial charge in [-0.2, -0.15) is 0 Å². The maximum Gasteiger partial charge on any atom is 0.289 e. The summed E-state index contributed by atoms with van der Waals surface area (Å²) in [5.41, 5.74) is -0.439. The summed E-state index contributed by atoms with van der Waals surface area (Å²) in [4.78, 5) is 79.4. The molecule has 2 aliphatic heterocycles. The van der Waals surface area contributed by atoms with Gasteiger partial charge in [0.1, 0.15) is 17.8 Å². The van der Waals surface area contributed by atoms with Crippen LogP contribution in [0, 0.1) is 11.3 Å². The van der Waals surface area contributed by atoms with Crippen molar-refractivity contribution in [1.82, 2.24) is 25.8 Å². The zero-order chi connectivity index (χ0) is 35.3. The highest BCUT2D eigenvalue weighted by Crippen LogP contribution is 2.40. The molecule has 5 rings (SSSR count). The Balaban J connectivity index is 1.43. The van der Waals surface area contributed by atoms with Gasteiger partial charge in [-0.25, -0.2) is 0 Å². The van der Waals surface area contributed by atoms with E-state index in [4.69, 9.17) is 4.84 Å². The molecular formula is C37H50N6O6. The van der Waals surface area contributed by atoms with Gasteiger partial charge in [0.2, 0.25) is 23.5 Å². The lowest BCUT2D eigenvalue weighted by atomic mass is 9.84. The molecule has 2 aromatic rings. The van der Waals surface area contributed by atoms with E-state index in [1.807, 2.05) is 58.0 Å². The van der Waals surface area contributed by atoms with E-state index >= 15 is 0 Å². The number of Topliss-reactive ketones (excluding diaryl/α,β-unsaturated/α-hetero) is 1. The van der Waals surface area contributed by atoms with Gasteiger partial charge in [-0.15, -0.1) is 0 Å². The lowest BCUT2D eigenvalue weighted by Gasteiger charge is -2.36. The topological polar surface area (TPSA) is 159 Å². The van der Waals surface area contributed by atoms with Crippen molar-refractivity contribution in [2.24, 2.45) is 16.5 Å². The number of likely N-dealkylation sites (tertiary alicyclic amines) is 1. The minimum Gasteiger partial charge on any atom is -0.386 e. The van der Waals surface area contributed by atoms with Crippen LogP contribution in [-0.4, -0.2) is 82.3 Å². The van der Waals surface area contributed by atoms with Crippen LogP contribution in [0.3, 0.4) is 0 Å². The summed E-state index contributed by atoms with van der Waals surface area (Å²) in [6.07, 6.45) is 8.64. The van der Waals surface area contributed by atoms with Crippen molar-refractivity contribution in [3.63, 3.8) is 0 Å². The fraction of sp³-hybridized carbons (Fsp3) is 0.595. The fourth-order valence-corrected chi connectivity index (χ4v) is 7.40. The maximum absolute atomic E-state index is 14.6. The molecule has 2 fully saturated rings. The van der Waals surface area contributed by atoms with Crippen LogP contribution in [0.2, 0.25) is 0 Å². The summed E-state index contributed by atoms with van der Waals surface area (Å²) < 4.78 is 0. The number of rotatable bonds is 11. The Hall–Kier alpha value is -4.35. The van der Waals surface area contributed by atoms with Gasteiger partial charge in [0.25, 0.3) is 5.91 Å². The quantitative estimate of drug-likeness (QED) is 0.306. The molecule has 4 atom stereocenters. The van der Waals surface area contributed by atoms with E-state index in [9.17, 15) is 24.0 Å². The van der Waals surface area contributed by atoms with Crippen LogP contribution in [0.5, 0.6) is 0 Å². The zero-order valence-electron chi connectivity index (χ0n) is 29.3. The van der Waals surface area contributed by atoms with Gasteiger partial charge in [-0.1, -0.05) is 82.8 Å². The molecule has 1 aromatic heterocycles. The van der Waals surface area contributed by atoms with Crippen LogP contribution in [0.1, 0.15) is 97.6 Å². The molecule has 1 aromatic carbocycles. The van der Waals surface area contributed by atoms with Crippen molar-refractivity contribution in [2.75, 3.05) is 13.6 Å². The maximum atomic E-state index is 14.6. The van der Waals surface area contributed by atoms with Crippen LogP contribution in [0.15, 0.2) is 41.7 Å². The molecule has 264 valence electrons. The third-order valence-corrected chi connectivity index (χ3v) is 10.1. The lowest BCUT2D eigenvalue weighted by molar-refractivity contribution is -0.145. The Morgan fingerprint density at radius 3 is 2.47 bits per heavy atom. The number of hydrogen-bond acceptors (Lipinski definition) is 8. The number of nitrogens with one attached hydrogen (secondary N) is 3. The summed E-state index contributed by atoms with van der Waals surface area (Å²) in [6.45, 7) is 7.55. The predicted octanol–water partition coefficient (Wildman–Crippen LogP) is 3.80. The molecule has 0 bridgehead atoms. The van der Waals surface area contributed by atoms with E-state index in [2.05, 4.69) is 26.1 Å². The van der Waals surface area contributed by atoms with Crippen LogP contribution in [0.25, 0.3) is 10.8 Å². The molecule has 0 unspecified atom stereocenters. The third-order valence-electron chi connectivity index (χ3n) is 10.1. The molecule has 1 spiro atoms. The summed E-state index contributed by atoms with van der Waals surface area (Å²) >= 11 is 0. The minimum atomic E-state index is -1.06. The number of hydrogen-bond donors (Lipinski definition) is 3. The number of carbonyl (C=O) groups is 5. The van der Waals surface area contributed by atoms with Crippen molar-refractivity contribution in [3.8, 4) is 0 Å². The van der Waals surface area contributed by atoms with E-state index < -0.39 is 52.6 Å². The number of fused-ring (bicyclic) bond motifs is 1. The Kier molecular flexibility index (Phi) is 11.0. The number of benzene rings is 1. The van der Waals surface area contributed by atoms with Crippen LogP contribution < -0.4 is 16.0 Å². The standard InChI is InChI=1S/C37H50N6O6/c1-6-12-26(31(45)34(47)38-5)40-33(46)28-21-37(20-27(42-49-37)30-25-16-11-10-15-24(25)17-18-39-30)22-43(28)35(48)32(36(2,3)4)41-29(44)19-23-13-8-7-9-14-23/h10-11,15-18,23,26,28,32H,6-9,12-14,19-22H2,1-5H3,(H,38,47)(H,40,46)(H,41,44)/t26-,28-,32+,37+/m0/s1. The number of aromatic nitrogens is 1. The molecule has 1 aliphatic carbocycles. The average Bonchev–Trinajstić information content (AvgIpc) is 3.69. The summed E-state index contributed by atoms with van der Waals surface area (Å²) in [5, 5.41) is 14.5. The first-order chi connectivity index (χ1) is 23.4. The first-order valence-corrected chi connectivity index (χ1v) is 17.6. The molecule has 12 nitrogen and oxygen atoms in total. The molecule has 4 amide bonds. The number of ketones is 1. The molecular weight excluding hydrogens is 624 g/mol. The molecule has 1 saturated heterocycles. The van der Waals surface area contributed by atoms with E-state index in [0.29, 0.717) is 30.7 Å². The first kappa shape index (κ1) is 35.9. The fourth-order valence-electron chi connectivity index (χ4n) is 7.40. The predicted molar refractivity (Wildman–Crippen MR) is 185 cm³/mol. The smallest absolute Gasteiger partial charge is 0.289 e. The number of carbonyl (C=O) groups excluding carboxylic acids is 5. The number of likely N-dealkylation sites (N-methyl/N-ethyl adjacent to an activating group) is 1. The molecule has 0 radical (unpaired) electrons. The molecule has 3 N–H and O–H groups in total. The molecule has 49 heavy (non-hydrogen) atoms. The van der Waals surface area contributed by atoms with Crippen LogP contribution >= 0.6 is 0 Å². The zero-order valence-corrected chi connectivity index (χ0v) is 29.3. The number of amides is 4. The second-order valence-corrected chi connectivity index (χ2v) is 14.9. The number of pyridine rings is 1. The molecule has 3 heterocycles. The van der Waals surface area contributed by atoms with E-state index in [-0.39, 0.29) is 31.2 Å². The molecule has 3 aliphatic rings. The Labute approximate surface area is 288 Å². The monoisotopic (exact) mass is 674 g/mol. The summed E-state index contributed by atoms with van der Waals surface area (Å²) in [5.74, 6) is -2.43. The Bertz CT molecular complexity index is 1610. The van der Waals surface area contributed by atoms with Gasteiger partial charge >= 0.3 is 0 Å². The Morgan fingerprint density at radius 2 is 1.78 bits per heavy atom. The van der Waals surface area contributed by atoms with Gasteiger partial charge < -0.3 is 25.7 Å². The van der Waals surface area contributed by atoms with Crippen LogP contribution in [0.4, 0.5) is 0 Å². The highest BCUT2D eigenvalue weighted by molar-refractivity contribution is 6.38. The molecule has 1 saturated carbocycles. The van der Waals surface area contributed by atoms with Gasteiger partial charge in [0.05, 0.1) is 18.3 Å². The van der Waals surface area contributed by atoms with Gasteiger partial charge in [-0.05, 0) is 42.0 Å². The van der Waals surface area contributed by atoms with Gasteiger partial charge in [0, 0.05) is 37.9 Å². The average molecular weight is 675 g/mol. The Morgan fingerprint density at radius 1 is 1.04 bits per heavy atom. The highest BCUT2D eigenvalue weighted by atomic mass is 16.7. The number of nitrogens with zero attached hydrogens (tertiary/aromatic N) is 3. The van der Waals surface area contributed by atoms with E-state index in [1.54, 1.807) is 6.20 Å². The first-order valence-electron chi connectivity index (χ1n) is 17.6. The van der Waals surface area contributed by atoms with Crippen molar-refractivity contribution >= 4 is 45.9 Å². The second kappa shape index (κ2) is 15.0.